The molecule has 0 heterocycles. The van der Waals surface area contributed by atoms with Crippen LogP contribution in [0.4, 0.5) is 0 Å². The van der Waals surface area contributed by atoms with Gasteiger partial charge in [-0.15, -0.1) is 0 Å². The van der Waals surface area contributed by atoms with Crippen LogP contribution in [0.25, 0.3) is 0 Å². The minimum Gasteiger partial charge on any atom is -0.380 e. The van der Waals surface area contributed by atoms with Crippen molar-refractivity contribution in [3.05, 3.63) is 0 Å². The highest BCUT2D eigenvalue weighted by atomic mass is 16.5. The van der Waals surface area contributed by atoms with Crippen LogP contribution in [0.15, 0.2) is 0 Å². The third kappa shape index (κ3) is 2.22. The predicted octanol–water partition coefficient (Wildman–Crippen LogP) is 2.50. The van der Waals surface area contributed by atoms with E-state index < -0.39 is 0 Å². The van der Waals surface area contributed by atoms with Crippen LogP contribution in [0.2, 0.25) is 0 Å². The second-order valence-electron chi connectivity index (χ2n) is 7.28. The van der Waals surface area contributed by atoms with Gasteiger partial charge in [-0.25, -0.2) is 0 Å². The molecule has 3 nitrogen and oxygen atoms in total. The molecule has 0 radical (unpaired) electrons. The van der Waals surface area contributed by atoms with Gasteiger partial charge in [0, 0.05) is 25.2 Å². The second kappa shape index (κ2) is 5.94. The van der Waals surface area contributed by atoms with Crippen molar-refractivity contribution >= 4 is 0 Å². The molecular formula is C17H32N2O. The monoisotopic (exact) mass is 280 g/mol. The van der Waals surface area contributed by atoms with E-state index in [-0.39, 0.29) is 0 Å². The number of rotatable bonds is 7. The molecule has 0 aromatic rings. The molecule has 0 aromatic carbocycles. The summed E-state index contributed by atoms with van der Waals surface area (Å²) in [4.78, 5) is 2.69. The molecule has 0 amide bonds. The molecule has 3 heteroatoms. The molecule has 0 atom stereocenters. The van der Waals surface area contributed by atoms with Crippen molar-refractivity contribution in [3.63, 3.8) is 0 Å². The molecule has 20 heavy (non-hydrogen) atoms. The van der Waals surface area contributed by atoms with Crippen LogP contribution in [0.5, 0.6) is 0 Å². The standard InChI is InChI=1S/C17H32N2O/c1-3-19(5-6-20-4-2)17(12-18)15-8-13-7-14(10-15)11-16(17)9-13/h13-16H,3-12,18H2,1-2H3. The van der Waals surface area contributed by atoms with E-state index in [1.807, 2.05) is 0 Å². The Kier molecular flexibility index (Phi) is 4.40. The predicted molar refractivity (Wildman–Crippen MR) is 82.6 cm³/mol. The zero-order chi connectivity index (χ0) is 14.2. The van der Waals surface area contributed by atoms with Crippen LogP contribution in [0.3, 0.4) is 0 Å². The number of hydrogen-bond donors (Lipinski definition) is 1. The van der Waals surface area contributed by atoms with Crippen LogP contribution >= 0.6 is 0 Å². The fraction of sp³-hybridized carbons (Fsp3) is 1.00. The number of nitrogens with zero attached hydrogens (tertiary/aromatic N) is 1. The molecule has 0 aromatic heterocycles. The van der Waals surface area contributed by atoms with Gasteiger partial charge in [0.05, 0.1) is 6.61 Å². The van der Waals surface area contributed by atoms with Crippen molar-refractivity contribution in [2.24, 2.45) is 29.4 Å². The van der Waals surface area contributed by atoms with Crippen LogP contribution in [-0.4, -0.2) is 43.3 Å². The molecule has 2 N–H and O–H groups in total. The maximum Gasteiger partial charge on any atom is 0.0593 e. The van der Waals surface area contributed by atoms with Gasteiger partial charge in [-0.05, 0) is 69.2 Å². The first-order chi connectivity index (χ1) is 9.74. The molecule has 0 aliphatic heterocycles. The van der Waals surface area contributed by atoms with Gasteiger partial charge in [-0.1, -0.05) is 6.92 Å². The molecule has 0 saturated heterocycles. The summed E-state index contributed by atoms with van der Waals surface area (Å²) in [5, 5.41) is 0. The Bertz CT molecular complexity index is 303. The molecule has 4 rings (SSSR count). The molecule has 0 spiro atoms. The minimum absolute atomic E-state index is 0.291. The Morgan fingerprint density at radius 1 is 1.05 bits per heavy atom. The Labute approximate surface area is 124 Å². The topological polar surface area (TPSA) is 38.5 Å². The number of likely N-dealkylation sites (N-methyl/N-ethyl adjacent to an activating group) is 1. The van der Waals surface area contributed by atoms with Gasteiger partial charge in [-0.3, -0.25) is 4.90 Å². The number of nitrogens with two attached hydrogens (primary N) is 1. The van der Waals surface area contributed by atoms with E-state index in [4.69, 9.17) is 10.5 Å². The van der Waals surface area contributed by atoms with Gasteiger partial charge < -0.3 is 10.5 Å². The fourth-order valence-corrected chi connectivity index (χ4v) is 5.96. The molecule has 4 aliphatic rings. The van der Waals surface area contributed by atoms with Gasteiger partial charge >= 0.3 is 0 Å². The van der Waals surface area contributed by atoms with Crippen molar-refractivity contribution < 1.29 is 4.74 Å². The lowest BCUT2D eigenvalue weighted by Crippen LogP contribution is -2.69. The molecular weight excluding hydrogens is 248 g/mol. The zero-order valence-corrected chi connectivity index (χ0v) is 13.3. The fourth-order valence-electron chi connectivity index (χ4n) is 5.96. The molecule has 4 fully saturated rings. The van der Waals surface area contributed by atoms with Gasteiger partial charge in [0.25, 0.3) is 0 Å². The largest absolute Gasteiger partial charge is 0.380 e. The third-order valence-corrected chi connectivity index (χ3v) is 6.56. The lowest BCUT2D eigenvalue weighted by molar-refractivity contribution is -0.133. The number of hydrogen-bond acceptors (Lipinski definition) is 3. The molecule has 4 saturated carbocycles. The average molecular weight is 280 g/mol. The van der Waals surface area contributed by atoms with Gasteiger partial charge in [0.2, 0.25) is 0 Å². The normalized spacial score (nSPS) is 42.6. The SMILES string of the molecule is CCOCCN(CC)C1(CN)C2CC3CC(C2)CC1C3. The van der Waals surface area contributed by atoms with Gasteiger partial charge in [-0.2, -0.15) is 0 Å². The highest BCUT2D eigenvalue weighted by Crippen LogP contribution is 2.59. The Morgan fingerprint density at radius 3 is 2.10 bits per heavy atom. The van der Waals surface area contributed by atoms with E-state index >= 15 is 0 Å². The number of ether oxygens (including phenoxy) is 1. The first-order valence-corrected chi connectivity index (χ1v) is 8.77. The van der Waals surface area contributed by atoms with Crippen LogP contribution < -0.4 is 5.73 Å². The molecule has 4 bridgehead atoms. The van der Waals surface area contributed by atoms with E-state index in [1.54, 1.807) is 0 Å². The summed E-state index contributed by atoms with van der Waals surface area (Å²) in [5.74, 6) is 3.74. The summed E-state index contributed by atoms with van der Waals surface area (Å²) in [6, 6.07) is 0. The van der Waals surface area contributed by atoms with E-state index in [2.05, 4.69) is 18.7 Å². The highest BCUT2D eigenvalue weighted by molar-refractivity contribution is 5.12. The van der Waals surface area contributed by atoms with E-state index in [9.17, 15) is 0 Å². The van der Waals surface area contributed by atoms with Gasteiger partial charge in [0.1, 0.15) is 0 Å². The summed E-state index contributed by atoms with van der Waals surface area (Å²) in [6.45, 7) is 9.09. The zero-order valence-electron chi connectivity index (χ0n) is 13.3. The van der Waals surface area contributed by atoms with Crippen LogP contribution in [0, 0.1) is 23.7 Å². The Balaban J connectivity index is 1.78. The Morgan fingerprint density at radius 2 is 1.65 bits per heavy atom. The first kappa shape index (κ1) is 14.8. The van der Waals surface area contributed by atoms with Crippen molar-refractivity contribution in [1.29, 1.82) is 0 Å². The average Bonchev–Trinajstić information content (AvgIpc) is 2.45. The van der Waals surface area contributed by atoms with Crippen molar-refractivity contribution in [2.75, 3.05) is 32.8 Å². The van der Waals surface area contributed by atoms with E-state index in [1.165, 1.54) is 32.1 Å². The summed E-state index contributed by atoms with van der Waals surface area (Å²) in [7, 11) is 0. The molecule has 4 aliphatic carbocycles. The van der Waals surface area contributed by atoms with Gasteiger partial charge in [0.15, 0.2) is 0 Å². The third-order valence-electron chi connectivity index (χ3n) is 6.56. The van der Waals surface area contributed by atoms with E-state index in [0.29, 0.717) is 5.54 Å². The van der Waals surface area contributed by atoms with Crippen LogP contribution in [-0.2, 0) is 4.74 Å². The van der Waals surface area contributed by atoms with Crippen LogP contribution in [0.1, 0.15) is 46.0 Å². The van der Waals surface area contributed by atoms with Crippen molar-refractivity contribution in [2.45, 2.75) is 51.5 Å². The second-order valence-corrected chi connectivity index (χ2v) is 7.28. The van der Waals surface area contributed by atoms with E-state index in [0.717, 1.165) is 56.5 Å². The quantitative estimate of drug-likeness (QED) is 0.728. The lowest BCUT2D eigenvalue weighted by atomic mass is 9.48. The summed E-state index contributed by atoms with van der Waals surface area (Å²) in [5.41, 5.74) is 6.68. The summed E-state index contributed by atoms with van der Waals surface area (Å²) in [6.07, 6.45) is 7.27. The highest BCUT2D eigenvalue weighted by Gasteiger charge is 2.58. The molecule has 0 unspecified atom stereocenters. The molecule has 116 valence electrons. The smallest absolute Gasteiger partial charge is 0.0593 e. The van der Waals surface area contributed by atoms with Crippen molar-refractivity contribution in [1.82, 2.24) is 4.90 Å². The Hall–Kier alpha value is -0.120. The maximum absolute atomic E-state index is 6.39. The summed E-state index contributed by atoms with van der Waals surface area (Å²) < 4.78 is 5.62. The minimum atomic E-state index is 0.291. The first-order valence-electron chi connectivity index (χ1n) is 8.77. The maximum atomic E-state index is 6.39. The summed E-state index contributed by atoms with van der Waals surface area (Å²) >= 11 is 0. The van der Waals surface area contributed by atoms with Crippen molar-refractivity contribution in [3.8, 4) is 0 Å². The lowest BCUT2D eigenvalue weighted by Gasteiger charge is -2.64.